The fourth-order valence-corrected chi connectivity index (χ4v) is 11.1. The minimum Gasteiger partial charge on any atom is -0.497 e. The van der Waals surface area contributed by atoms with E-state index in [-0.39, 0.29) is 57.4 Å². The Morgan fingerprint density at radius 1 is 0.889 bits per heavy atom. The van der Waals surface area contributed by atoms with Crippen LogP contribution in [-0.2, 0) is 16.2 Å². The van der Waals surface area contributed by atoms with Crippen LogP contribution >= 0.6 is 34.7 Å². The molecule has 6 unspecified atom stereocenters. The first kappa shape index (κ1) is 28.7. The first-order valence-electron chi connectivity index (χ1n) is 14.8. The number of nitrogens with one attached hydrogen (secondary N) is 1. The van der Waals surface area contributed by atoms with Gasteiger partial charge < -0.3 is 19.2 Å². The fourth-order valence-electron chi connectivity index (χ4n) is 8.11. The minimum atomic E-state index is -0.380. The van der Waals surface area contributed by atoms with Gasteiger partial charge in [0.05, 0.1) is 36.8 Å². The maximum absolute atomic E-state index is 14.0. The van der Waals surface area contributed by atoms with Gasteiger partial charge in [0.15, 0.2) is 11.5 Å². The predicted octanol–water partition coefficient (Wildman–Crippen LogP) is 6.36. The van der Waals surface area contributed by atoms with Gasteiger partial charge in [0.1, 0.15) is 12.4 Å². The summed E-state index contributed by atoms with van der Waals surface area (Å²) in [5.74, 6) is 0.908. The summed E-state index contributed by atoms with van der Waals surface area (Å²) in [6.07, 6.45) is 0.820. The number of thiazole rings is 1. The smallest absolute Gasteiger partial charge is 0.305 e. The molecule has 1 saturated heterocycles. The van der Waals surface area contributed by atoms with E-state index in [1.165, 1.54) is 16.2 Å². The van der Waals surface area contributed by atoms with Crippen LogP contribution in [0.3, 0.4) is 0 Å². The third-order valence-electron chi connectivity index (χ3n) is 9.91. The molecular formula is C34H29ClN2O6S2. The molecule has 7 atom stereocenters. The number of carbonyl (C=O) groups excluding carboxylic acids is 2. The average Bonchev–Trinajstić information content (AvgIpc) is 3.79. The Kier molecular flexibility index (Phi) is 7.00. The van der Waals surface area contributed by atoms with Gasteiger partial charge in [-0.2, -0.15) is 0 Å². The summed E-state index contributed by atoms with van der Waals surface area (Å²) < 4.78 is 17.2. The summed E-state index contributed by atoms with van der Waals surface area (Å²) in [7, 11) is 3.20. The number of rotatable bonds is 7. The zero-order valence-corrected chi connectivity index (χ0v) is 26.8. The minimum absolute atomic E-state index is 0.0133. The number of H-pyrrole nitrogens is 1. The largest absolute Gasteiger partial charge is 0.497 e. The number of hydrogen-bond acceptors (Lipinski definition) is 8. The van der Waals surface area contributed by atoms with Crippen LogP contribution in [-0.4, -0.2) is 36.3 Å². The summed E-state index contributed by atoms with van der Waals surface area (Å²) in [5.41, 5.74) is 2.56. The number of aromatic amines is 1. The molecule has 2 bridgehead atoms. The lowest BCUT2D eigenvalue weighted by atomic mass is 9.68. The predicted molar refractivity (Wildman–Crippen MR) is 173 cm³/mol. The number of benzene rings is 3. The number of methoxy groups -OCH3 is 2. The van der Waals surface area contributed by atoms with Crippen molar-refractivity contribution in [3.05, 3.63) is 97.4 Å². The molecule has 1 N–H and O–H groups in total. The number of carbonyl (C=O) groups is 2. The number of amides is 2. The number of fused-ring (bicyclic) bond motifs is 9. The SMILES string of the molecule is COc1ccc(N2C(=O)C3C4CC(C3C2=O)C2C4Sc3[nH]c(=O)sc3[C@@H]2c2ccc(OCc3ccc(Cl)cc3)c(OC)c2)cc1. The van der Waals surface area contributed by atoms with E-state index in [2.05, 4.69) is 4.98 Å². The highest BCUT2D eigenvalue weighted by atomic mass is 35.5. The lowest BCUT2D eigenvalue weighted by Crippen LogP contribution is -2.42. The second-order valence-corrected chi connectivity index (χ2v) is 14.6. The van der Waals surface area contributed by atoms with Gasteiger partial charge in [0.2, 0.25) is 11.8 Å². The van der Waals surface area contributed by atoms with Gasteiger partial charge in [-0.1, -0.05) is 41.1 Å². The highest BCUT2D eigenvalue weighted by Crippen LogP contribution is 2.68. The molecule has 2 aliphatic heterocycles. The highest BCUT2D eigenvalue weighted by Gasteiger charge is 2.69. The van der Waals surface area contributed by atoms with Crippen LogP contribution in [0, 0.1) is 29.6 Å². The van der Waals surface area contributed by atoms with Crippen molar-refractivity contribution in [1.82, 2.24) is 4.98 Å². The maximum atomic E-state index is 14.0. The topological polar surface area (TPSA) is 97.9 Å². The van der Waals surface area contributed by atoms with Crippen molar-refractivity contribution in [2.24, 2.45) is 29.6 Å². The number of aromatic nitrogens is 1. The molecule has 2 aliphatic carbocycles. The Morgan fingerprint density at radius 2 is 1.62 bits per heavy atom. The Balaban J connectivity index is 1.13. The summed E-state index contributed by atoms with van der Waals surface area (Å²) in [5, 5.41) is 1.63. The molecule has 3 aromatic carbocycles. The lowest BCUT2D eigenvalue weighted by Gasteiger charge is -2.43. The van der Waals surface area contributed by atoms with Crippen LogP contribution in [0.15, 0.2) is 76.6 Å². The molecular weight excluding hydrogens is 632 g/mol. The molecule has 4 aliphatic rings. The number of anilines is 1. The molecule has 11 heteroatoms. The molecule has 1 aromatic heterocycles. The van der Waals surface area contributed by atoms with Crippen molar-refractivity contribution in [3.63, 3.8) is 0 Å². The van der Waals surface area contributed by atoms with E-state index in [9.17, 15) is 14.4 Å². The number of imide groups is 1. The van der Waals surface area contributed by atoms with Crippen molar-refractivity contribution in [2.75, 3.05) is 19.1 Å². The molecule has 3 fully saturated rings. The van der Waals surface area contributed by atoms with Crippen LogP contribution in [0.1, 0.15) is 28.3 Å². The summed E-state index contributed by atoms with van der Waals surface area (Å²) >= 11 is 8.94. The number of hydrogen-bond donors (Lipinski definition) is 1. The monoisotopic (exact) mass is 660 g/mol. The molecule has 230 valence electrons. The lowest BCUT2D eigenvalue weighted by molar-refractivity contribution is -0.123. The standard InChI is InChI=1S/C34H29ClN2O6S2/c1-41-20-10-8-19(9-11-20)37-32(38)27-21-14-22(28(27)33(37)39)29-26(21)25(30-31(44-29)36-34(40)45-30)17-5-12-23(24(13-17)42-2)43-15-16-3-6-18(35)7-4-16/h3-13,21-22,25-29H,14-15H2,1-2H3,(H,36,40)/t21?,22?,25-,26?,27?,28?,29?/m1/s1. The fraction of sp³-hybridized carbons (Fsp3) is 0.324. The van der Waals surface area contributed by atoms with Crippen LogP contribution in [0.4, 0.5) is 5.69 Å². The van der Waals surface area contributed by atoms with E-state index in [0.717, 1.165) is 27.5 Å². The van der Waals surface area contributed by atoms with Crippen molar-refractivity contribution < 1.29 is 23.8 Å². The highest BCUT2D eigenvalue weighted by molar-refractivity contribution is 8.00. The van der Waals surface area contributed by atoms with E-state index < -0.39 is 0 Å². The molecule has 45 heavy (non-hydrogen) atoms. The van der Waals surface area contributed by atoms with Gasteiger partial charge in [-0.25, -0.2) is 0 Å². The van der Waals surface area contributed by atoms with Crippen molar-refractivity contribution in [2.45, 2.75) is 29.2 Å². The average molecular weight is 661 g/mol. The van der Waals surface area contributed by atoms with E-state index in [1.807, 2.05) is 42.5 Å². The third-order valence-corrected chi connectivity index (χ3v) is 12.7. The first-order valence-corrected chi connectivity index (χ1v) is 16.9. The van der Waals surface area contributed by atoms with Gasteiger partial charge >= 0.3 is 4.87 Å². The Bertz CT molecular complexity index is 1870. The van der Waals surface area contributed by atoms with Gasteiger partial charge in [-0.3, -0.25) is 19.3 Å². The van der Waals surface area contributed by atoms with Gasteiger partial charge in [0.25, 0.3) is 0 Å². The summed E-state index contributed by atoms with van der Waals surface area (Å²) in [6, 6.07) is 20.5. The number of halogens is 1. The summed E-state index contributed by atoms with van der Waals surface area (Å²) in [4.78, 5) is 45.9. The number of nitrogens with zero attached hydrogens (tertiary/aromatic N) is 1. The van der Waals surface area contributed by atoms with Crippen LogP contribution in [0.5, 0.6) is 17.2 Å². The van der Waals surface area contributed by atoms with Gasteiger partial charge in [-0.05, 0) is 83.8 Å². The van der Waals surface area contributed by atoms with E-state index in [4.69, 9.17) is 25.8 Å². The Morgan fingerprint density at radius 3 is 2.33 bits per heavy atom. The molecule has 8 rings (SSSR count). The molecule has 4 aromatic rings. The molecule has 2 amide bonds. The van der Waals surface area contributed by atoms with Crippen molar-refractivity contribution >= 4 is 52.2 Å². The van der Waals surface area contributed by atoms with Crippen molar-refractivity contribution in [3.8, 4) is 17.2 Å². The molecule has 8 nitrogen and oxygen atoms in total. The van der Waals surface area contributed by atoms with E-state index >= 15 is 0 Å². The van der Waals surface area contributed by atoms with Gasteiger partial charge in [-0.15, -0.1) is 11.8 Å². The van der Waals surface area contributed by atoms with Crippen LogP contribution in [0.25, 0.3) is 0 Å². The quantitative estimate of drug-likeness (QED) is 0.230. The zero-order chi connectivity index (χ0) is 31.0. The Hall–Kier alpha value is -3.73. The second-order valence-electron chi connectivity index (χ2n) is 12.0. The van der Waals surface area contributed by atoms with E-state index in [0.29, 0.717) is 34.6 Å². The Labute approximate surface area is 272 Å². The first-order chi connectivity index (χ1) is 21.9. The molecule has 3 heterocycles. The normalized spacial score (nSPS) is 27.7. The molecule has 0 spiro atoms. The van der Waals surface area contributed by atoms with E-state index in [1.54, 1.807) is 50.2 Å². The van der Waals surface area contributed by atoms with Crippen LogP contribution in [0.2, 0.25) is 5.02 Å². The maximum Gasteiger partial charge on any atom is 0.305 e. The van der Waals surface area contributed by atoms with Crippen molar-refractivity contribution in [1.29, 1.82) is 0 Å². The zero-order valence-electron chi connectivity index (χ0n) is 24.4. The number of ether oxygens (including phenoxy) is 3. The molecule has 0 radical (unpaired) electrons. The summed E-state index contributed by atoms with van der Waals surface area (Å²) in [6.45, 7) is 0.356. The number of thioether (sulfide) groups is 1. The third kappa shape index (κ3) is 4.52. The second kappa shape index (κ2) is 11.0. The molecule has 2 saturated carbocycles. The van der Waals surface area contributed by atoms with Crippen LogP contribution < -0.4 is 24.0 Å². The van der Waals surface area contributed by atoms with Gasteiger partial charge in [0, 0.05) is 21.1 Å².